The molecule has 0 aliphatic carbocycles. The molecule has 1 fully saturated rings. The molecular weight excluding hydrogens is 351 g/mol. The third-order valence-electron chi connectivity index (χ3n) is 4.71. The summed E-state index contributed by atoms with van der Waals surface area (Å²) in [6.07, 6.45) is 3.06. The largest absolute Gasteiger partial charge is 0.466 e. The highest BCUT2D eigenvalue weighted by Gasteiger charge is 2.30. The summed E-state index contributed by atoms with van der Waals surface area (Å²) < 4.78 is 23.8. The molecule has 0 N–H and O–H groups in total. The van der Waals surface area contributed by atoms with Crippen LogP contribution in [0.4, 0.5) is 10.2 Å². The minimum atomic E-state index is -0.323. The summed E-state index contributed by atoms with van der Waals surface area (Å²) in [7, 11) is 0. The molecule has 3 aromatic rings. The summed E-state index contributed by atoms with van der Waals surface area (Å²) in [5, 5.41) is 4.78. The number of halogens is 1. The Labute approximate surface area is 155 Å². The lowest BCUT2D eigenvalue weighted by Crippen LogP contribution is -2.40. The molecule has 1 saturated heterocycles. The fourth-order valence-corrected chi connectivity index (χ4v) is 3.44. The van der Waals surface area contributed by atoms with Crippen molar-refractivity contribution >= 4 is 22.9 Å². The maximum atomic E-state index is 13.3. The van der Waals surface area contributed by atoms with E-state index in [4.69, 9.17) is 9.26 Å². The van der Waals surface area contributed by atoms with E-state index < -0.39 is 0 Å². The number of rotatable bonds is 4. The van der Waals surface area contributed by atoms with E-state index in [2.05, 4.69) is 15.1 Å². The van der Waals surface area contributed by atoms with Gasteiger partial charge in [-0.15, -0.1) is 0 Å². The van der Waals surface area contributed by atoms with Crippen molar-refractivity contribution in [3.8, 4) is 11.3 Å². The highest BCUT2D eigenvalue weighted by atomic mass is 19.1. The van der Waals surface area contributed by atoms with E-state index >= 15 is 0 Å². The van der Waals surface area contributed by atoms with Crippen molar-refractivity contribution < 1.29 is 18.4 Å². The average molecular weight is 370 g/mol. The molecule has 4 rings (SSSR count). The number of ether oxygens (including phenoxy) is 1. The average Bonchev–Trinajstić information content (AvgIpc) is 3.13. The van der Waals surface area contributed by atoms with Crippen LogP contribution in [0.2, 0.25) is 0 Å². The van der Waals surface area contributed by atoms with Gasteiger partial charge in [0.1, 0.15) is 29.0 Å². The summed E-state index contributed by atoms with van der Waals surface area (Å²) in [4.78, 5) is 22.8. The minimum Gasteiger partial charge on any atom is -0.466 e. The summed E-state index contributed by atoms with van der Waals surface area (Å²) in [5.74, 6) is -0.0414. The molecule has 0 spiro atoms. The first-order valence-electron chi connectivity index (χ1n) is 8.95. The van der Waals surface area contributed by atoms with Crippen LogP contribution in [0.1, 0.15) is 19.8 Å². The van der Waals surface area contributed by atoms with Crippen molar-refractivity contribution in [1.82, 2.24) is 15.1 Å². The van der Waals surface area contributed by atoms with Gasteiger partial charge in [0.2, 0.25) is 0 Å². The van der Waals surface area contributed by atoms with Crippen molar-refractivity contribution in [3.63, 3.8) is 0 Å². The number of anilines is 1. The Morgan fingerprint density at radius 1 is 1.33 bits per heavy atom. The van der Waals surface area contributed by atoms with Crippen LogP contribution >= 0.6 is 0 Å². The van der Waals surface area contributed by atoms with Crippen LogP contribution in [0.25, 0.3) is 22.4 Å². The van der Waals surface area contributed by atoms with Crippen LogP contribution in [-0.4, -0.2) is 40.8 Å². The van der Waals surface area contributed by atoms with Crippen LogP contribution in [0.3, 0.4) is 0 Å². The zero-order valence-corrected chi connectivity index (χ0v) is 14.9. The van der Waals surface area contributed by atoms with E-state index in [1.54, 1.807) is 19.1 Å². The Hall–Kier alpha value is -3.03. The van der Waals surface area contributed by atoms with Crippen LogP contribution in [0, 0.1) is 11.7 Å². The van der Waals surface area contributed by atoms with Crippen LogP contribution in [-0.2, 0) is 9.53 Å². The number of piperidine rings is 1. The highest BCUT2D eigenvalue weighted by Crippen LogP contribution is 2.34. The molecule has 0 unspecified atom stereocenters. The van der Waals surface area contributed by atoms with Gasteiger partial charge in [-0.25, -0.2) is 9.37 Å². The lowest BCUT2D eigenvalue weighted by molar-refractivity contribution is -0.148. The maximum Gasteiger partial charge on any atom is 0.310 e. The van der Waals surface area contributed by atoms with Gasteiger partial charge in [-0.1, -0.05) is 5.16 Å². The molecule has 1 atom stereocenters. The van der Waals surface area contributed by atoms with Gasteiger partial charge in [0.25, 0.3) is 5.71 Å². The Morgan fingerprint density at radius 2 is 2.15 bits per heavy atom. The van der Waals surface area contributed by atoms with Crippen molar-refractivity contribution in [2.45, 2.75) is 19.8 Å². The Morgan fingerprint density at radius 3 is 2.93 bits per heavy atom. The third-order valence-corrected chi connectivity index (χ3v) is 4.71. The van der Waals surface area contributed by atoms with Crippen LogP contribution < -0.4 is 4.90 Å². The van der Waals surface area contributed by atoms with Gasteiger partial charge < -0.3 is 14.2 Å². The smallest absolute Gasteiger partial charge is 0.310 e. The third kappa shape index (κ3) is 3.34. The molecule has 8 heteroatoms. The number of aromatic nitrogens is 3. The van der Waals surface area contributed by atoms with Crippen LogP contribution in [0.15, 0.2) is 35.1 Å². The van der Waals surface area contributed by atoms with Crippen molar-refractivity contribution in [1.29, 1.82) is 0 Å². The highest BCUT2D eigenvalue weighted by molar-refractivity contribution is 5.98. The van der Waals surface area contributed by atoms with E-state index in [9.17, 15) is 9.18 Å². The van der Waals surface area contributed by atoms with E-state index in [1.807, 2.05) is 4.90 Å². The first-order valence-corrected chi connectivity index (χ1v) is 8.95. The number of hydrogen-bond acceptors (Lipinski definition) is 7. The molecule has 0 amide bonds. The lowest BCUT2D eigenvalue weighted by Gasteiger charge is -2.32. The molecular formula is C19H19FN4O3. The van der Waals surface area contributed by atoms with Crippen LogP contribution in [0.5, 0.6) is 0 Å². The standard InChI is InChI=1S/C19H19FN4O3/c1-2-26-19(25)13-4-3-9-24(10-13)17-15-16(12-5-7-14(20)8-6-12)23-27-18(15)22-11-21-17/h5-8,11,13H,2-4,9-10H2,1H3/t13-/m1/s1. The molecule has 3 heterocycles. The number of nitrogens with zero attached hydrogens (tertiary/aromatic N) is 4. The Balaban J connectivity index is 1.72. The number of carbonyl (C=O) groups excluding carboxylic acids is 1. The molecule has 1 aliphatic heterocycles. The predicted molar refractivity (Wildman–Crippen MR) is 96.6 cm³/mol. The maximum absolute atomic E-state index is 13.3. The van der Waals surface area contributed by atoms with Gasteiger partial charge >= 0.3 is 5.97 Å². The van der Waals surface area contributed by atoms with Crippen molar-refractivity contribution in [2.24, 2.45) is 5.92 Å². The zero-order chi connectivity index (χ0) is 18.8. The van der Waals surface area contributed by atoms with Gasteiger partial charge in [0, 0.05) is 18.7 Å². The Kier molecular flexibility index (Phi) is 4.70. The number of fused-ring (bicyclic) bond motifs is 1. The first-order chi connectivity index (χ1) is 13.2. The Bertz CT molecular complexity index is 957. The fourth-order valence-electron chi connectivity index (χ4n) is 3.44. The lowest BCUT2D eigenvalue weighted by atomic mass is 9.98. The topological polar surface area (TPSA) is 81.4 Å². The second-order valence-corrected chi connectivity index (χ2v) is 6.45. The van der Waals surface area contributed by atoms with Gasteiger partial charge in [0.15, 0.2) is 0 Å². The molecule has 0 radical (unpaired) electrons. The van der Waals surface area contributed by atoms with E-state index in [0.29, 0.717) is 41.3 Å². The summed E-state index contributed by atoms with van der Waals surface area (Å²) >= 11 is 0. The molecule has 0 bridgehead atoms. The summed E-state index contributed by atoms with van der Waals surface area (Å²) in [6, 6.07) is 6.02. The summed E-state index contributed by atoms with van der Waals surface area (Å²) in [6.45, 7) is 3.45. The van der Waals surface area contributed by atoms with Crippen molar-refractivity contribution in [2.75, 3.05) is 24.6 Å². The molecule has 27 heavy (non-hydrogen) atoms. The molecule has 2 aromatic heterocycles. The number of benzene rings is 1. The minimum absolute atomic E-state index is 0.184. The molecule has 140 valence electrons. The first kappa shape index (κ1) is 17.4. The molecule has 1 aromatic carbocycles. The number of carbonyl (C=O) groups is 1. The second-order valence-electron chi connectivity index (χ2n) is 6.45. The normalized spacial score (nSPS) is 17.3. The molecule has 1 aliphatic rings. The van der Waals surface area contributed by atoms with E-state index in [1.165, 1.54) is 18.5 Å². The predicted octanol–water partition coefficient (Wildman–Crippen LogP) is 3.20. The zero-order valence-electron chi connectivity index (χ0n) is 14.9. The fraction of sp³-hybridized carbons (Fsp3) is 0.368. The van der Waals surface area contributed by atoms with Crippen molar-refractivity contribution in [3.05, 3.63) is 36.4 Å². The van der Waals surface area contributed by atoms with Gasteiger partial charge in [-0.3, -0.25) is 4.79 Å². The second kappa shape index (κ2) is 7.30. The van der Waals surface area contributed by atoms with E-state index in [-0.39, 0.29) is 17.7 Å². The SMILES string of the molecule is CCOC(=O)[C@@H]1CCCN(c2ncnc3onc(-c4ccc(F)cc4)c23)C1. The monoisotopic (exact) mass is 370 g/mol. The number of hydrogen-bond donors (Lipinski definition) is 0. The van der Waals surface area contributed by atoms with Gasteiger partial charge in [0.05, 0.1) is 12.5 Å². The molecule has 7 nitrogen and oxygen atoms in total. The number of esters is 1. The quantitative estimate of drug-likeness (QED) is 0.652. The molecule has 0 saturated carbocycles. The van der Waals surface area contributed by atoms with E-state index in [0.717, 1.165) is 19.4 Å². The summed E-state index contributed by atoms with van der Waals surface area (Å²) in [5.41, 5.74) is 1.63. The van der Waals surface area contributed by atoms with Gasteiger partial charge in [-0.2, -0.15) is 4.98 Å². The van der Waals surface area contributed by atoms with Gasteiger partial charge in [-0.05, 0) is 44.0 Å².